The molecule has 0 saturated carbocycles. The van der Waals surface area contributed by atoms with Crippen molar-refractivity contribution >= 4 is 5.69 Å². The van der Waals surface area contributed by atoms with Gasteiger partial charge in [0.15, 0.2) is 0 Å². The Morgan fingerprint density at radius 1 is 1.56 bits per heavy atom. The van der Waals surface area contributed by atoms with Crippen LogP contribution in [-0.2, 0) is 6.54 Å². The van der Waals surface area contributed by atoms with E-state index in [2.05, 4.69) is 0 Å². The molecule has 0 saturated heterocycles. The summed E-state index contributed by atoms with van der Waals surface area (Å²) in [6.07, 6.45) is 0.306. The maximum absolute atomic E-state index is 11.7. The SMILES string of the molecule is Cc1c(C#N)c(O)n(CCCO)c(=O)c1N. The van der Waals surface area contributed by atoms with E-state index < -0.39 is 11.4 Å². The first-order chi connectivity index (χ1) is 7.54. The van der Waals surface area contributed by atoms with Crippen LogP contribution in [0.3, 0.4) is 0 Å². The number of aliphatic hydroxyl groups excluding tert-OH is 1. The van der Waals surface area contributed by atoms with Crippen LogP contribution in [0, 0.1) is 18.3 Å². The van der Waals surface area contributed by atoms with Gasteiger partial charge < -0.3 is 15.9 Å². The van der Waals surface area contributed by atoms with Crippen LogP contribution in [0.1, 0.15) is 17.5 Å². The molecular weight excluding hydrogens is 210 g/mol. The molecule has 86 valence electrons. The van der Waals surface area contributed by atoms with Crippen molar-refractivity contribution in [3.63, 3.8) is 0 Å². The third kappa shape index (κ3) is 1.85. The predicted molar refractivity (Wildman–Crippen MR) is 57.9 cm³/mol. The van der Waals surface area contributed by atoms with Crippen LogP contribution in [0.15, 0.2) is 4.79 Å². The van der Waals surface area contributed by atoms with E-state index in [0.717, 1.165) is 4.57 Å². The summed E-state index contributed by atoms with van der Waals surface area (Å²) >= 11 is 0. The van der Waals surface area contributed by atoms with Gasteiger partial charge in [-0.3, -0.25) is 9.36 Å². The van der Waals surface area contributed by atoms with Gasteiger partial charge in [0.25, 0.3) is 5.56 Å². The molecule has 0 bridgehead atoms. The van der Waals surface area contributed by atoms with Crippen molar-refractivity contribution in [3.05, 3.63) is 21.5 Å². The number of nitrogens with zero attached hydrogens (tertiary/aromatic N) is 2. The van der Waals surface area contributed by atoms with Crippen LogP contribution in [0.5, 0.6) is 5.88 Å². The molecule has 6 heteroatoms. The van der Waals surface area contributed by atoms with Gasteiger partial charge in [-0.05, 0) is 13.3 Å². The summed E-state index contributed by atoms with van der Waals surface area (Å²) in [7, 11) is 0. The fraction of sp³-hybridized carbons (Fsp3) is 0.400. The average Bonchev–Trinajstić information content (AvgIpc) is 2.27. The van der Waals surface area contributed by atoms with E-state index in [9.17, 15) is 9.90 Å². The number of nitrogens with two attached hydrogens (primary N) is 1. The van der Waals surface area contributed by atoms with E-state index in [-0.39, 0.29) is 30.0 Å². The first kappa shape index (κ1) is 12.1. The van der Waals surface area contributed by atoms with Gasteiger partial charge in [-0.2, -0.15) is 5.26 Å². The van der Waals surface area contributed by atoms with E-state index in [1.807, 2.05) is 0 Å². The molecule has 1 rings (SSSR count). The molecule has 0 atom stereocenters. The lowest BCUT2D eigenvalue weighted by Gasteiger charge is -2.12. The molecule has 0 aliphatic rings. The Labute approximate surface area is 92.2 Å². The zero-order valence-electron chi connectivity index (χ0n) is 8.90. The molecule has 1 aromatic rings. The number of nitrogen functional groups attached to an aromatic ring is 1. The van der Waals surface area contributed by atoms with Crippen molar-refractivity contribution in [2.75, 3.05) is 12.3 Å². The molecule has 0 fully saturated rings. The summed E-state index contributed by atoms with van der Waals surface area (Å²) in [5, 5.41) is 27.2. The van der Waals surface area contributed by atoms with Crippen LogP contribution in [0.4, 0.5) is 5.69 Å². The summed E-state index contributed by atoms with van der Waals surface area (Å²) < 4.78 is 0.997. The van der Waals surface area contributed by atoms with Gasteiger partial charge in [-0.25, -0.2) is 0 Å². The fourth-order valence-electron chi connectivity index (χ4n) is 1.41. The first-order valence-corrected chi connectivity index (χ1v) is 4.77. The third-order valence-electron chi connectivity index (χ3n) is 2.39. The average molecular weight is 223 g/mol. The molecule has 4 N–H and O–H groups in total. The number of hydrogen-bond acceptors (Lipinski definition) is 5. The number of aliphatic hydroxyl groups is 1. The predicted octanol–water partition coefficient (Wildman–Crippen LogP) is -0.301. The number of rotatable bonds is 3. The zero-order chi connectivity index (χ0) is 12.3. The van der Waals surface area contributed by atoms with E-state index >= 15 is 0 Å². The van der Waals surface area contributed by atoms with Crippen LogP contribution in [-0.4, -0.2) is 21.4 Å². The minimum absolute atomic E-state index is 0.00459. The van der Waals surface area contributed by atoms with Gasteiger partial charge in [-0.1, -0.05) is 0 Å². The second-order valence-corrected chi connectivity index (χ2v) is 3.38. The van der Waals surface area contributed by atoms with Crippen molar-refractivity contribution in [2.24, 2.45) is 0 Å². The lowest BCUT2D eigenvalue weighted by Crippen LogP contribution is -2.25. The van der Waals surface area contributed by atoms with Crippen molar-refractivity contribution < 1.29 is 10.2 Å². The van der Waals surface area contributed by atoms with Gasteiger partial charge in [0.1, 0.15) is 17.3 Å². The highest BCUT2D eigenvalue weighted by atomic mass is 16.3. The van der Waals surface area contributed by atoms with Gasteiger partial charge >= 0.3 is 0 Å². The first-order valence-electron chi connectivity index (χ1n) is 4.77. The number of hydrogen-bond donors (Lipinski definition) is 3. The smallest absolute Gasteiger partial charge is 0.276 e. The normalized spacial score (nSPS) is 10.1. The van der Waals surface area contributed by atoms with Crippen molar-refractivity contribution in [1.29, 1.82) is 5.26 Å². The van der Waals surface area contributed by atoms with Gasteiger partial charge in [0.05, 0.1) is 0 Å². The molecule has 0 spiro atoms. The highest BCUT2D eigenvalue weighted by Gasteiger charge is 2.16. The molecule has 0 amide bonds. The standard InChI is InChI=1S/C10H13N3O3/c1-6-7(5-11)9(15)13(3-2-4-14)10(16)8(6)12/h14-15H,2-4,12H2,1H3. The summed E-state index contributed by atoms with van der Waals surface area (Å²) in [6, 6.07) is 1.80. The molecule has 0 radical (unpaired) electrons. The van der Waals surface area contributed by atoms with Crippen molar-refractivity contribution in [2.45, 2.75) is 19.9 Å². The summed E-state index contributed by atoms with van der Waals surface area (Å²) in [5.74, 6) is -0.396. The molecule has 0 unspecified atom stereocenters. The van der Waals surface area contributed by atoms with Crippen molar-refractivity contribution in [1.82, 2.24) is 4.57 Å². The minimum atomic E-state index is -0.539. The highest BCUT2D eigenvalue weighted by molar-refractivity contribution is 5.56. The number of anilines is 1. The second kappa shape index (κ2) is 4.68. The van der Waals surface area contributed by atoms with Crippen LogP contribution in [0.25, 0.3) is 0 Å². The number of nitriles is 1. The van der Waals surface area contributed by atoms with Crippen LogP contribution >= 0.6 is 0 Å². The number of aromatic hydroxyl groups is 1. The largest absolute Gasteiger partial charge is 0.493 e. The van der Waals surface area contributed by atoms with E-state index in [4.69, 9.17) is 16.1 Å². The Morgan fingerprint density at radius 3 is 2.69 bits per heavy atom. The minimum Gasteiger partial charge on any atom is -0.493 e. The lowest BCUT2D eigenvalue weighted by atomic mass is 10.1. The Morgan fingerprint density at radius 2 is 2.19 bits per heavy atom. The topological polar surface area (TPSA) is 112 Å². The molecular formula is C10H13N3O3. The Balaban J connectivity index is 3.45. The molecule has 0 aliphatic heterocycles. The monoisotopic (exact) mass is 223 g/mol. The summed E-state index contributed by atoms with van der Waals surface area (Å²) in [5.41, 5.74) is 5.23. The molecule has 0 aromatic carbocycles. The lowest BCUT2D eigenvalue weighted by molar-refractivity contribution is 0.274. The molecule has 16 heavy (non-hydrogen) atoms. The molecule has 6 nitrogen and oxygen atoms in total. The van der Waals surface area contributed by atoms with Crippen LogP contribution in [0.2, 0.25) is 0 Å². The molecule has 1 aromatic heterocycles. The van der Waals surface area contributed by atoms with E-state index in [0.29, 0.717) is 6.42 Å². The third-order valence-corrected chi connectivity index (χ3v) is 2.39. The summed E-state index contributed by atoms with van der Waals surface area (Å²) in [6.45, 7) is 1.52. The maximum Gasteiger partial charge on any atom is 0.276 e. The zero-order valence-corrected chi connectivity index (χ0v) is 8.90. The summed E-state index contributed by atoms with van der Waals surface area (Å²) in [4.78, 5) is 11.7. The number of pyridine rings is 1. The van der Waals surface area contributed by atoms with E-state index in [1.165, 1.54) is 6.92 Å². The van der Waals surface area contributed by atoms with Crippen LogP contribution < -0.4 is 11.3 Å². The quantitative estimate of drug-likeness (QED) is 0.651. The Kier molecular flexibility index (Phi) is 3.53. The van der Waals surface area contributed by atoms with Gasteiger partial charge in [-0.15, -0.1) is 0 Å². The van der Waals surface area contributed by atoms with Gasteiger partial charge in [0.2, 0.25) is 5.88 Å². The molecule has 0 aliphatic carbocycles. The number of aromatic nitrogens is 1. The molecule has 1 heterocycles. The van der Waals surface area contributed by atoms with E-state index in [1.54, 1.807) is 6.07 Å². The van der Waals surface area contributed by atoms with Crippen molar-refractivity contribution in [3.8, 4) is 11.9 Å². The van der Waals surface area contributed by atoms with Gasteiger partial charge in [0, 0.05) is 18.7 Å². The maximum atomic E-state index is 11.7. The second-order valence-electron chi connectivity index (χ2n) is 3.38. The Bertz CT molecular complexity index is 500. The fourth-order valence-corrected chi connectivity index (χ4v) is 1.41. The highest BCUT2D eigenvalue weighted by Crippen LogP contribution is 2.21. The Hall–Kier alpha value is -2.00.